The number of rotatable bonds is 3. The molecule has 1 heterocycles. The van der Waals surface area contributed by atoms with Gasteiger partial charge < -0.3 is 0 Å². The number of hydrogen-bond acceptors (Lipinski definition) is 3. The van der Waals surface area contributed by atoms with Crippen LogP contribution in [0.25, 0.3) is 22.4 Å². The Morgan fingerprint density at radius 1 is 1.04 bits per heavy atom. The minimum Gasteiger partial charge on any atom is -0.277 e. The monoisotopic (exact) mass is 330 g/mol. The molecule has 0 amide bonds. The molecule has 1 aromatic heterocycles. The van der Waals surface area contributed by atoms with Gasteiger partial charge in [0.15, 0.2) is 9.84 Å². The Hall–Kier alpha value is -2.47. The summed E-state index contributed by atoms with van der Waals surface area (Å²) in [7, 11) is -3.24. The molecule has 0 saturated carbocycles. The van der Waals surface area contributed by atoms with Gasteiger partial charge in [-0.3, -0.25) is 5.10 Å². The van der Waals surface area contributed by atoms with E-state index in [0.29, 0.717) is 16.8 Å². The van der Waals surface area contributed by atoms with E-state index in [9.17, 15) is 12.8 Å². The second kappa shape index (κ2) is 5.62. The van der Waals surface area contributed by atoms with E-state index >= 15 is 0 Å². The highest BCUT2D eigenvalue weighted by Crippen LogP contribution is 2.31. The number of aryl methyl sites for hydroxylation is 1. The van der Waals surface area contributed by atoms with Gasteiger partial charge in [-0.1, -0.05) is 24.3 Å². The van der Waals surface area contributed by atoms with Crippen molar-refractivity contribution >= 4 is 9.84 Å². The fraction of sp³-hybridized carbons (Fsp3) is 0.118. The van der Waals surface area contributed by atoms with Crippen LogP contribution in [-0.2, 0) is 9.84 Å². The highest BCUT2D eigenvalue weighted by Gasteiger charge is 2.13. The summed E-state index contributed by atoms with van der Waals surface area (Å²) in [6.07, 6.45) is 2.79. The van der Waals surface area contributed by atoms with Crippen molar-refractivity contribution in [1.82, 2.24) is 10.2 Å². The molecule has 23 heavy (non-hydrogen) atoms. The lowest BCUT2D eigenvalue weighted by atomic mass is 10.0. The first-order valence-electron chi connectivity index (χ1n) is 6.96. The summed E-state index contributed by atoms with van der Waals surface area (Å²) >= 11 is 0. The van der Waals surface area contributed by atoms with Crippen molar-refractivity contribution in [3.05, 3.63) is 60.0 Å². The second-order valence-corrected chi connectivity index (χ2v) is 7.43. The van der Waals surface area contributed by atoms with E-state index in [4.69, 9.17) is 0 Å². The van der Waals surface area contributed by atoms with Gasteiger partial charge >= 0.3 is 0 Å². The van der Waals surface area contributed by atoms with Crippen LogP contribution in [0.15, 0.2) is 53.6 Å². The Kier molecular flexibility index (Phi) is 3.77. The Labute approximate surface area is 133 Å². The quantitative estimate of drug-likeness (QED) is 0.798. The van der Waals surface area contributed by atoms with Crippen molar-refractivity contribution in [2.24, 2.45) is 0 Å². The van der Waals surface area contributed by atoms with Crippen molar-refractivity contribution in [2.45, 2.75) is 11.8 Å². The van der Waals surface area contributed by atoms with E-state index < -0.39 is 9.84 Å². The molecule has 2 aromatic carbocycles. The van der Waals surface area contributed by atoms with Gasteiger partial charge in [-0.05, 0) is 36.2 Å². The number of aromatic amines is 1. The van der Waals surface area contributed by atoms with E-state index in [2.05, 4.69) is 10.2 Å². The van der Waals surface area contributed by atoms with Crippen LogP contribution < -0.4 is 0 Å². The van der Waals surface area contributed by atoms with E-state index in [-0.39, 0.29) is 10.7 Å². The highest BCUT2D eigenvalue weighted by molar-refractivity contribution is 7.90. The Bertz CT molecular complexity index is 961. The molecular formula is C17H15FN2O2S. The number of benzene rings is 2. The molecular weight excluding hydrogens is 315 g/mol. The molecule has 0 aliphatic rings. The maximum Gasteiger partial charge on any atom is 0.175 e. The van der Waals surface area contributed by atoms with Gasteiger partial charge in [0.25, 0.3) is 0 Å². The van der Waals surface area contributed by atoms with Crippen LogP contribution in [0.4, 0.5) is 4.39 Å². The van der Waals surface area contributed by atoms with Gasteiger partial charge in [-0.15, -0.1) is 0 Å². The van der Waals surface area contributed by atoms with Crippen LogP contribution in [0, 0.1) is 12.7 Å². The van der Waals surface area contributed by atoms with E-state index in [0.717, 1.165) is 11.1 Å². The Morgan fingerprint density at radius 2 is 1.70 bits per heavy atom. The zero-order valence-corrected chi connectivity index (χ0v) is 13.5. The number of H-pyrrole nitrogens is 1. The van der Waals surface area contributed by atoms with E-state index in [1.807, 2.05) is 6.07 Å². The fourth-order valence-electron chi connectivity index (χ4n) is 2.35. The predicted molar refractivity (Wildman–Crippen MR) is 87.3 cm³/mol. The molecule has 118 valence electrons. The minimum atomic E-state index is -3.24. The van der Waals surface area contributed by atoms with E-state index in [1.165, 1.54) is 12.3 Å². The number of aromatic nitrogens is 2. The molecule has 3 aromatic rings. The van der Waals surface area contributed by atoms with Crippen LogP contribution in [-0.4, -0.2) is 24.9 Å². The number of halogens is 1. The summed E-state index contributed by atoms with van der Waals surface area (Å²) in [4.78, 5) is 0.253. The van der Waals surface area contributed by atoms with Gasteiger partial charge in [0.05, 0.1) is 16.8 Å². The third-order valence-corrected chi connectivity index (χ3v) is 4.82. The molecule has 0 radical (unpaired) electrons. The van der Waals surface area contributed by atoms with Crippen molar-refractivity contribution in [3.63, 3.8) is 0 Å². The SMILES string of the molecule is Cc1ccc(-c2cn[nH]c2-c2ccc(S(C)(=O)=O)cc2)cc1F. The average Bonchev–Trinajstić information content (AvgIpc) is 2.99. The summed E-state index contributed by atoms with van der Waals surface area (Å²) in [5, 5.41) is 6.92. The molecule has 0 unspecified atom stereocenters. The average molecular weight is 330 g/mol. The lowest BCUT2D eigenvalue weighted by Gasteiger charge is -2.06. The number of hydrogen-bond donors (Lipinski definition) is 1. The number of sulfone groups is 1. The molecule has 3 rings (SSSR count). The lowest BCUT2D eigenvalue weighted by Crippen LogP contribution is -1.96. The molecule has 1 N–H and O–H groups in total. The number of nitrogens with zero attached hydrogens (tertiary/aromatic N) is 1. The molecule has 0 atom stereocenters. The van der Waals surface area contributed by atoms with Crippen molar-refractivity contribution in [2.75, 3.05) is 6.26 Å². The third-order valence-electron chi connectivity index (χ3n) is 3.69. The summed E-state index contributed by atoms with van der Waals surface area (Å²) in [6.45, 7) is 1.71. The summed E-state index contributed by atoms with van der Waals surface area (Å²) < 4.78 is 36.8. The molecule has 0 saturated heterocycles. The Morgan fingerprint density at radius 3 is 2.30 bits per heavy atom. The first-order chi connectivity index (χ1) is 10.9. The fourth-order valence-corrected chi connectivity index (χ4v) is 2.98. The second-order valence-electron chi connectivity index (χ2n) is 5.42. The van der Waals surface area contributed by atoms with Crippen LogP contribution in [0.5, 0.6) is 0 Å². The van der Waals surface area contributed by atoms with Gasteiger partial charge in [0.2, 0.25) is 0 Å². The van der Waals surface area contributed by atoms with Gasteiger partial charge in [-0.25, -0.2) is 12.8 Å². The van der Waals surface area contributed by atoms with Crippen molar-refractivity contribution in [1.29, 1.82) is 0 Å². The van der Waals surface area contributed by atoms with Gasteiger partial charge in [0, 0.05) is 17.4 Å². The van der Waals surface area contributed by atoms with Gasteiger partial charge in [-0.2, -0.15) is 5.10 Å². The molecule has 0 spiro atoms. The van der Waals surface area contributed by atoms with Crippen molar-refractivity contribution < 1.29 is 12.8 Å². The van der Waals surface area contributed by atoms with E-state index in [1.54, 1.807) is 43.5 Å². The maximum absolute atomic E-state index is 13.8. The summed E-state index contributed by atoms with van der Waals surface area (Å²) in [6, 6.07) is 11.5. The van der Waals surface area contributed by atoms with Gasteiger partial charge in [0.1, 0.15) is 5.82 Å². The zero-order chi connectivity index (χ0) is 16.6. The number of nitrogens with one attached hydrogen (secondary N) is 1. The first-order valence-corrected chi connectivity index (χ1v) is 8.86. The van der Waals surface area contributed by atoms with Crippen LogP contribution in [0.1, 0.15) is 5.56 Å². The van der Waals surface area contributed by atoms with Crippen molar-refractivity contribution in [3.8, 4) is 22.4 Å². The molecule has 0 bridgehead atoms. The van der Waals surface area contributed by atoms with Crippen LogP contribution in [0.2, 0.25) is 0 Å². The topological polar surface area (TPSA) is 62.8 Å². The van der Waals surface area contributed by atoms with Crippen LogP contribution in [0.3, 0.4) is 0 Å². The normalized spacial score (nSPS) is 11.6. The first kappa shape index (κ1) is 15.4. The minimum absolute atomic E-state index is 0.253. The molecule has 0 aliphatic heterocycles. The summed E-state index contributed by atoms with van der Waals surface area (Å²) in [5.41, 5.74) is 3.55. The maximum atomic E-state index is 13.8. The zero-order valence-electron chi connectivity index (χ0n) is 12.7. The largest absolute Gasteiger partial charge is 0.277 e. The molecule has 0 aliphatic carbocycles. The van der Waals surface area contributed by atoms with Crippen LogP contribution >= 0.6 is 0 Å². The Balaban J connectivity index is 2.05. The molecule has 0 fully saturated rings. The standard InChI is InChI=1S/C17H15FN2O2S/c1-11-3-4-13(9-16(11)18)15-10-19-20-17(15)12-5-7-14(8-6-12)23(2,21)22/h3-10H,1-2H3,(H,19,20). The highest BCUT2D eigenvalue weighted by atomic mass is 32.2. The molecule has 4 nitrogen and oxygen atoms in total. The lowest BCUT2D eigenvalue weighted by molar-refractivity contribution is 0.602. The summed E-state index contributed by atoms with van der Waals surface area (Å²) in [5.74, 6) is -0.276. The predicted octanol–water partition coefficient (Wildman–Crippen LogP) is 3.59. The molecule has 6 heteroatoms. The smallest absolute Gasteiger partial charge is 0.175 e. The third kappa shape index (κ3) is 3.03.